The summed E-state index contributed by atoms with van der Waals surface area (Å²) in [6.07, 6.45) is 72.7. The molecule has 0 fully saturated rings. The monoisotopic (exact) mass is 1030 g/mol. The molecule has 0 saturated carbocycles. The van der Waals surface area contributed by atoms with Crippen molar-refractivity contribution in [2.45, 2.75) is 399 Å². The molecule has 73 heavy (non-hydrogen) atoms. The molecule has 0 heterocycles. The van der Waals surface area contributed by atoms with E-state index in [1.165, 1.54) is 295 Å². The maximum absolute atomic E-state index is 12.9. The van der Waals surface area contributed by atoms with E-state index >= 15 is 0 Å². The highest BCUT2D eigenvalue weighted by molar-refractivity contribution is 5.71. The minimum atomic E-state index is -0.762. The Morgan fingerprint density at radius 1 is 0.219 bits per heavy atom. The Morgan fingerprint density at radius 3 is 0.548 bits per heavy atom. The maximum Gasteiger partial charge on any atom is 0.306 e. The summed E-state index contributed by atoms with van der Waals surface area (Å²) in [7, 11) is 0. The van der Waals surface area contributed by atoms with Gasteiger partial charge in [-0.15, -0.1) is 0 Å². The quantitative estimate of drug-likeness (QED) is 0.0343. The van der Waals surface area contributed by atoms with Gasteiger partial charge in [-0.05, 0) is 19.3 Å². The lowest BCUT2D eigenvalue weighted by Gasteiger charge is -2.18. The SMILES string of the molecule is CCCCCCCCCCCCCCCCCCCCCCCCCCCCC(=O)OCC(COC(=O)CCCCCCCCCCCCCC)OC(=O)CCCCCCCCCCCCCCCCCCC. The molecule has 0 aromatic rings. The van der Waals surface area contributed by atoms with Crippen LogP contribution in [0.2, 0.25) is 0 Å². The Kier molecular flexibility index (Phi) is 61.6. The van der Waals surface area contributed by atoms with E-state index in [-0.39, 0.29) is 31.1 Å². The van der Waals surface area contributed by atoms with Crippen LogP contribution in [0.5, 0.6) is 0 Å². The Hall–Kier alpha value is -1.59. The van der Waals surface area contributed by atoms with E-state index < -0.39 is 6.10 Å². The maximum atomic E-state index is 12.9. The van der Waals surface area contributed by atoms with Gasteiger partial charge in [-0.25, -0.2) is 0 Å². The third kappa shape index (κ3) is 61.1. The predicted octanol–water partition coefficient (Wildman–Crippen LogP) is 22.7. The molecule has 0 radical (unpaired) electrons. The van der Waals surface area contributed by atoms with Crippen LogP contribution in [0, 0.1) is 0 Å². The number of unbranched alkanes of at least 4 members (excludes halogenated alkanes) is 52. The average Bonchev–Trinajstić information content (AvgIpc) is 3.39. The summed E-state index contributed by atoms with van der Waals surface area (Å²) in [4.78, 5) is 38.3. The third-order valence-electron chi connectivity index (χ3n) is 15.6. The van der Waals surface area contributed by atoms with Crippen LogP contribution >= 0.6 is 0 Å². The zero-order chi connectivity index (χ0) is 52.9. The minimum absolute atomic E-state index is 0.0605. The number of hydrogen-bond acceptors (Lipinski definition) is 6. The van der Waals surface area contributed by atoms with Crippen LogP contribution in [0.25, 0.3) is 0 Å². The Bertz CT molecular complexity index is 1090. The van der Waals surface area contributed by atoms with Crippen molar-refractivity contribution in [3.05, 3.63) is 0 Å². The lowest BCUT2D eigenvalue weighted by Crippen LogP contribution is -2.30. The molecule has 0 aliphatic heterocycles. The number of carbonyl (C=O) groups excluding carboxylic acids is 3. The Balaban J connectivity index is 4.15. The number of rotatable bonds is 63. The van der Waals surface area contributed by atoms with Crippen molar-refractivity contribution in [1.82, 2.24) is 0 Å². The van der Waals surface area contributed by atoms with Gasteiger partial charge >= 0.3 is 17.9 Å². The first-order valence-electron chi connectivity index (χ1n) is 33.5. The van der Waals surface area contributed by atoms with Crippen LogP contribution in [0.1, 0.15) is 393 Å². The van der Waals surface area contributed by atoms with E-state index in [9.17, 15) is 14.4 Å². The zero-order valence-corrected chi connectivity index (χ0v) is 50.0. The van der Waals surface area contributed by atoms with Gasteiger partial charge in [0, 0.05) is 19.3 Å². The van der Waals surface area contributed by atoms with Crippen molar-refractivity contribution in [1.29, 1.82) is 0 Å². The first-order chi connectivity index (χ1) is 36.0. The second-order valence-corrected chi connectivity index (χ2v) is 23.1. The van der Waals surface area contributed by atoms with Gasteiger partial charge in [0.25, 0.3) is 0 Å². The number of carbonyl (C=O) groups is 3. The normalized spacial score (nSPS) is 11.9. The lowest BCUT2D eigenvalue weighted by molar-refractivity contribution is -0.167. The standard InChI is InChI=1S/C67H130O6/c1-4-7-10-13-16-19-22-25-27-29-30-31-32-33-34-35-36-37-39-40-42-45-48-51-54-57-60-66(69)72-63-64(62-71-65(68)59-56-53-50-47-44-24-21-18-15-12-9-6-3)73-67(70)61-58-55-52-49-46-43-41-38-28-26-23-20-17-14-11-8-5-2/h64H,4-63H2,1-3H3. The molecule has 0 aromatic heterocycles. The highest BCUT2D eigenvalue weighted by atomic mass is 16.6. The average molecular weight is 1030 g/mol. The molecular weight excluding hydrogens is 901 g/mol. The summed E-state index contributed by atoms with van der Waals surface area (Å²) in [5.41, 5.74) is 0. The van der Waals surface area contributed by atoms with Gasteiger partial charge in [-0.3, -0.25) is 14.4 Å². The summed E-state index contributed by atoms with van der Waals surface area (Å²) in [6, 6.07) is 0. The molecular formula is C67H130O6. The van der Waals surface area contributed by atoms with Gasteiger partial charge in [0.05, 0.1) is 0 Å². The van der Waals surface area contributed by atoms with Crippen molar-refractivity contribution in [2.75, 3.05) is 13.2 Å². The molecule has 0 spiro atoms. The molecule has 0 saturated heterocycles. The topological polar surface area (TPSA) is 78.9 Å². The molecule has 434 valence electrons. The molecule has 0 N–H and O–H groups in total. The molecule has 0 aromatic carbocycles. The largest absolute Gasteiger partial charge is 0.462 e. The van der Waals surface area contributed by atoms with Crippen molar-refractivity contribution in [3.63, 3.8) is 0 Å². The third-order valence-corrected chi connectivity index (χ3v) is 15.6. The van der Waals surface area contributed by atoms with Crippen LogP contribution in [0.3, 0.4) is 0 Å². The van der Waals surface area contributed by atoms with Crippen molar-refractivity contribution in [3.8, 4) is 0 Å². The number of ether oxygens (including phenoxy) is 3. The van der Waals surface area contributed by atoms with Crippen molar-refractivity contribution in [2.24, 2.45) is 0 Å². The molecule has 6 nitrogen and oxygen atoms in total. The molecule has 0 rings (SSSR count). The second kappa shape index (κ2) is 62.9. The Morgan fingerprint density at radius 2 is 0.370 bits per heavy atom. The van der Waals surface area contributed by atoms with Crippen LogP contribution in [0.4, 0.5) is 0 Å². The fourth-order valence-electron chi connectivity index (χ4n) is 10.6. The lowest BCUT2D eigenvalue weighted by atomic mass is 10.0. The van der Waals surface area contributed by atoms with E-state index in [1.807, 2.05) is 0 Å². The first kappa shape index (κ1) is 71.4. The highest BCUT2D eigenvalue weighted by Gasteiger charge is 2.19. The van der Waals surface area contributed by atoms with Crippen LogP contribution in [-0.4, -0.2) is 37.2 Å². The summed E-state index contributed by atoms with van der Waals surface area (Å²) in [5.74, 6) is -0.825. The minimum Gasteiger partial charge on any atom is -0.462 e. The molecule has 1 unspecified atom stereocenters. The number of hydrogen-bond donors (Lipinski definition) is 0. The van der Waals surface area contributed by atoms with Crippen LogP contribution in [-0.2, 0) is 28.6 Å². The zero-order valence-electron chi connectivity index (χ0n) is 50.0. The summed E-state index contributed by atoms with van der Waals surface area (Å²) in [6.45, 7) is 6.73. The molecule has 1 atom stereocenters. The Labute approximate surface area is 457 Å². The fraction of sp³-hybridized carbons (Fsp3) is 0.955. The van der Waals surface area contributed by atoms with Gasteiger partial charge in [-0.1, -0.05) is 355 Å². The van der Waals surface area contributed by atoms with E-state index in [2.05, 4.69) is 20.8 Å². The van der Waals surface area contributed by atoms with E-state index in [0.717, 1.165) is 57.8 Å². The predicted molar refractivity (Wildman–Crippen MR) is 317 cm³/mol. The van der Waals surface area contributed by atoms with Crippen LogP contribution in [0.15, 0.2) is 0 Å². The molecule has 0 aliphatic carbocycles. The number of esters is 3. The van der Waals surface area contributed by atoms with Gasteiger partial charge < -0.3 is 14.2 Å². The van der Waals surface area contributed by atoms with Gasteiger partial charge in [0.1, 0.15) is 13.2 Å². The molecule has 0 aliphatic rings. The molecule has 6 heteroatoms. The van der Waals surface area contributed by atoms with Crippen molar-refractivity contribution >= 4 is 17.9 Å². The first-order valence-corrected chi connectivity index (χ1v) is 33.5. The fourth-order valence-corrected chi connectivity index (χ4v) is 10.6. The van der Waals surface area contributed by atoms with Crippen LogP contribution < -0.4 is 0 Å². The van der Waals surface area contributed by atoms with E-state index in [4.69, 9.17) is 14.2 Å². The van der Waals surface area contributed by atoms with E-state index in [1.54, 1.807) is 0 Å². The van der Waals surface area contributed by atoms with Gasteiger partial charge in [-0.2, -0.15) is 0 Å². The van der Waals surface area contributed by atoms with E-state index in [0.29, 0.717) is 19.3 Å². The van der Waals surface area contributed by atoms with Gasteiger partial charge in [0.15, 0.2) is 6.10 Å². The second-order valence-electron chi connectivity index (χ2n) is 23.1. The van der Waals surface area contributed by atoms with Crippen molar-refractivity contribution < 1.29 is 28.6 Å². The summed E-state index contributed by atoms with van der Waals surface area (Å²) >= 11 is 0. The molecule has 0 amide bonds. The molecule has 0 bridgehead atoms. The smallest absolute Gasteiger partial charge is 0.306 e. The summed E-state index contributed by atoms with van der Waals surface area (Å²) < 4.78 is 17.0. The highest BCUT2D eigenvalue weighted by Crippen LogP contribution is 2.19. The summed E-state index contributed by atoms with van der Waals surface area (Å²) in [5, 5.41) is 0. The van der Waals surface area contributed by atoms with Gasteiger partial charge in [0.2, 0.25) is 0 Å².